The molecule has 84 valence electrons. The first-order chi connectivity index (χ1) is 6.45. The molecule has 14 heavy (non-hydrogen) atoms. The molecule has 0 bridgehead atoms. The molecule has 2 N–H and O–H groups in total. The van der Waals surface area contributed by atoms with Crippen molar-refractivity contribution in [3.05, 3.63) is 0 Å². The largest absolute Gasteiger partial charge is 0.469 e. The van der Waals surface area contributed by atoms with Gasteiger partial charge in [-0.3, -0.25) is 4.79 Å². The van der Waals surface area contributed by atoms with Crippen molar-refractivity contribution in [1.82, 2.24) is 0 Å². The lowest BCUT2D eigenvalue weighted by atomic mass is 9.88. The number of aliphatic hydroxyl groups excluding tert-OH is 2. The Bertz CT molecular complexity index is 181. The van der Waals surface area contributed by atoms with Crippen LogP contribution in [0.4, 0.5) is 0 Å². The average molecular weight is 204 g/mol. The lowest BCUT2D eigenvalue weighted by molar-refractivity contribution is -0.151. The van der Waals surface area contributed by atoms with Gasteiger partial charge in [-0.2, -0.15) is 0 Å². The topological polar surface area (TPSA) is 66.8 Å². The van der Waals surface area contributed by atoms with Crippen molar-refractivity contribution in [3.63, 3.8) is 0 Å². The third-order valence-electron chi connectivity index (χ3n) is 2.65. The molecule has 0 aromatic heterocycles. The van der Waals surface area contributed by atoms with E-state index in [1.54, 1.807) is 13.8 Å². The fourth-order valence-electron chi connectivity index (χ4n) is 1.38. The van der Waals surface area contributed by atoms with Crippen molar-refractivity contribution in [2.45, 2.75) is 39.4 Å². The summed E-state index contributed by atoms with van der Waals surface area (Å²) in [5.74, 6) is -1.38. The zero-order valence-electron chi connectivity index (χ0n) is 9.23. The molecule has 0 rings (SSSR count). The number of hydrogen-bond donors (Lipinski definition) is 2. The number of carbonyl (C=O) groups excluding carboxylic acids is 1. The van der Waals surface area contributed by atoms with Gasteiger partial charge in [-0.05, 0) is 13.3 Å². The molecule has 4 nitrogen and oxygen atoms in total. The summed E-state index contributed by atoms with van der Waals surface area (Å²) in [5.41, 5.74) is 0. The average Bonchev–Trinajstić information content (AvgIpc) is 2.23. The van der Waals surface area contributed by atoms with E-state index in [-0.39, 0.29) is 5.92 Å². The Morgan fingerprint density at radius 3 is 2.21 bits per heavy atom. The Kier molecular flexibility index (Phi) is 5.72. The van der Waals surface area contributed by atoms with Gasteiger partial charge in [-0.25, -0.2) is 0 Å². The van der Waals surface area contributed by atoms with Crippen LogP contribution in [0.2, 0.25) is 0 Å². The van der Waals surface area contributed by atoms with E-state index in [0.717, 1.165) is 0 Å². The maximum Gasteiger partial charge on any atom is 0.311 e. The predicted molar refractivity (Wildman–Crippen MR) is 52.6 cm³/mol. The molecule has 0 spiro atoms. The first-order valence-corrected chi connectivity index (χ1v) is 4.89. The SMILES string of the molecule is CC[C@H](O)[C@@H](C)[C@H](O)[C@@H](C)C(=O)OC. The minimum absolute atomic E-state index is 0.325. The van der Waals surface area contributed by atoms with Crippen LogP contribution in [0.25, 0.3) is 0 Å². The highest BCUT2D eigenvalue weighted by atomic mass is 16.5. The van der Waals surface area contributed by atoms with Crippen molar-refractivity contribution in [1.29, 1.82) is 0 Å². The van der Waals surface area contributed by atoms with E-state index in [1.807, 2.05) is 6.92 Å². The van der Waals surface area contributed by atoms with E-state index < -0.39 is 24.1 Å². The number of hydrogen-bond acceptors (Lipinski definition) is 4. The van der Waals surface area contributed by atoms with Crippen LogP contribution in [0, 0.1) is 11.8 Å². The number of ether oxygens (including phenoxy) is 1. The Labute approximate surface area is 84.9 Å². The quantitative estimate of drug-likeness (QED) is 0.642. The molecular weight excluding hydrogens is 184 g/mol. The van der Waals surface area contributed by atoms with Crippen LogP contribution in [0.5, 0.6) is 0 Å². The molecule has 0 aromatic carbocycles. The Hall–Kier alpha value is -0.610. The summed E-state index contributed by atoms with van der Waals surface area (Å²) in [4.78, 5) is 11.1. The summed E-state index contributed by atoms with van der Waals surface area (Å²) < 4.78 is 4.52. The number of methoxy groups -OCH3 is 1. The third kappa shape index (κ3) is 3.27. The Morgan fingerprint density at radius 1 is 1.36 bits per heavy atom. The molecule has 0 saturated heterocycles. The minimum atomic E-state index is -0.864. The summed E-state index contributed by atoms with van der Waals surface area (Å²) in [7, 11) is 1.28. The van der Waals surface area contributed by atoms with Gasteiger partial charge >= 0.3 is 5.97 Å². The van der Waals surface area contributed by atoms with Crippen LogP contribution < -0.4 is 0 Å². The number of carbonyl (C=O) groups is 1. The summed E-state index contributed by atoms with van der Waals surface area (Å²) in [6, 6.07) is 0. The molecule has 0 unspecified atom stereocenters. The van der Waals surface area contributed by atoms with E-state index in [4.69, 9.17) is 0 Å². The number of aliphatic hydroxyl groups is 2. The lowest BCUT2D eigenvalue weighted by Crippen LogP contribution is -2.37. The molecule has 0 saturated carbocycles. The van der Waals surface area contributed by atoms with Gasteiger partial charge in [0.2, 0.25) is 0 Å². The summed E-state index contributed by atoms with van der Waals surface area (Å²) in [6.45, 7) is 5.14. The van der Waals surface area contributed by atoms with Gasteiger partial charge < -0.3 is 14.9 Å². The molecule has 0 aliphatic carbocycles. The van der Waals surface area contributed by atoms with Crippen molar-refractivity contribution in [2.24, 2.45) is 11.8 Å². The fourth-order valence-corrected chi connectivity index (χ4v) is 1.38. The molecule has 0 aliphatic heterocycles. The maximum atomic E-state index is 11.1. The molecule has 4 heteroatoms. The first-order valence-electron chi connectivity index (χ1n) is 4.89. The Balaban J connectivity index is 4.30. The van der Waals surface area contributed by atoms with E-state index in [9.17, 15) is 15.0 Å². The van der Waals surface area contributed by atoms with Crippen LogP contribution >= 0.6 is 0 Å². The van der Waals surface area contributed by atoms with Crippen molar-refractivity contribution in [2.75, 3.05) is 7.11 Å². The van der Waals surface area contributed by atoms with E-state index in [1.165, 1.54) is 7.11 Å². The van der Waals surface area contributed by atoms with Gasteiger partial charge in [-0.15, -0.1) is 0 Å². The molecule has 0 radical (unpaired) electrons. The molecule has 0 aliphatic rings. The molecule has 0 heterocycles. The zero-order chi connectivity index (χ0) is 11.3. The minimum Gasteiger partial charge on any atom is -0.469 e. The van der Waals surface area contributed by atoms with Crippen LogP contribution in [-0.2, 0) is 9.53 Å². The highest BCUT2D eigenvalue weighted by molar-refractivity contribution is 5.72. The van der Waals surface area contributed by atoms with Gasteiger partial charge in [0, 0.05) is 5.92 Å². The van der Waals surface area contributed by atoms with Crippen LogP contribution in [0.15, 0.2) is 0 Å². The van der Waals surface area contributed by atoms with Crippen LogP contribution in [-0.4, -0.2) is 35.5 Å². The summed E-state index contributed by atoms with van der Waals surface area (Å²) >= 11 is 0. The van der Waals surface area contributed by atoms with Crippen LogP contribution in [0.1, 0.15) is 27.2 Å². The lowest BCUT2D eigenvalue weighted by Gasteiger charge is -2.26. The van der Waals surface area contributed by atoms with Crippen molar-refractivity contribution >= 4 is 5.97 Å². The van der Waals surface area contributed by atoms with Crippen molar-refractivity contribution in [3.8, 4) is 0 Å². The second-order valence-corrected chi connectivity index (χ2v) is 3.64. The monoisotopic (exact) mass is 204 g/mol. The smallest absolute Gasteiger partial charge is 0.311 e. The van der Waals surface area contributed by atoms with Crippen molar-refractivity contribution < 1.29 is 19.7 Å². The van der Waals surface area contributed by atoms with Gasteiger partial charge in [0.05, 0.1) is 25.2 Å². The van der Waals surface area contributed by atoms with E-state index in [0.29, 0.717) is 6.42 Å². The Morgan fingerprint density at radius 2 is 1.86 bits per heavy atom. The summed E-state index contributed by atoms with van der Waals surface area (Å²) in [5, 5.41) is 19.2. The zero-order valence-corrected chi connectivity index (χ0v) is 9.23. The second-order valence-electron chi connectivity index (χ2n) is 3.64. The normalized spacial score (nSPS) is 19.6. The number of rotatable bonds is 5. The van der Waals surface area contributed by atoms with Gasteiger partial charge in [0.25, 0.3) is 0 Å². The summed E-state index contributed by atoms with van der Waals surface area (Å²) in [6.07, 6.45) is -0.888. The van der Waals surface area contributed by atoms with E-state index >= 15 is 0 Å². The van der Waals surface area contributed by atoms with E-state index in [2.05, 4.69) is 4.74 Å². The second kappa shape index (κ2) is 5.98. The van der Waals surface area contributed by atoms with Gasteiger partial charge in [-0.1, -0.05) is 13.8 Å². The third-order valence-corrected chi connectivity index (χ3v) is 2.65. The standard InChI is InChI=1S/C10H20O4/c1-5-8(11)6(2)9(12)7(3)10(13)14-4/h6-9,11-12H,5H2,1-4H3/t6-,7-,8+,9+/m1/s1. The molecule has 4 atom stereocenters. The maximum absolute atomic E-state index is 11.1. The predicted octanol–water partition coefficient (Wildman–Crippen LogP) is 0.563. The molecule has 0 amide bonds. The first kappa shape index (κ1) is 13.4. The highest BCUT2D eigenvalue weighted by Crippen LogP contribution is 2.19. The van der Waals surface area contributed by atoms with Gasteiger partial charge in [0.1, 0.15) is 0 Å². The fraction of sp³-hybridized carbons (Fsp3) is 0.900. The molecule has 0 fully saturated rings. The molecule has 0 aromatic rings. The number of esters is 1. The highest BCUT2D eigenvalue weighted by Gasteiger charge is 2.30. The van der Waals surface area contributed by atoms with Crippen LogP contribution in [0.3, 0.4) is 0 Å². The van der Waals surface area contributed by atoms with Gasteiger partial charge in [0.15, 0.2) is 0 Å². The molecular formula is C10H20O4.